The van der Waals surface area contributed by atoms with Crippen LogP contribution in [0, 0.1) is 5.92 Å². The van der Waals surface area contributed by atoms with Crippen molar-refractivity contribution in [2.45, 2.75) is 45.1 Å². The number of primary amides is 1. The quantitative estimate of drug-likeness (QED) is 0.508. The summed E-state index contributed by atoms with van der Waals surface area (Å²) in [7, 11) is 0. The molecule has 0 atom stereocenters. The Hall–Kier alpha value is -2.92. The zero-order chi connectivity index (χ0) is 20.8. The Bertz CT molecular complexity index is 995. The molecule has 1 amide bonds. The van der Waals surface area contributed by atoms with Crippen LogP contribution in [0.25, 0.3) is 10.8 Å². The number of nitrogens with one attached hydrogen (secondary N) is 1. The highest BCUT2D eigenvalue weighted by Gasteiger charge is 2.13. The molecule has 4 rings (SSSR count). The zero-order valence-corrected chi connectivity index (χ0v) is 17.3. The van der Waals surface area contributed by atoms with Gasteiger partial charge in [-0.05, 0) is 42.0 Å². The second kappa shape index (κ2) is 9.72. The molecule has 1 heterocycles. The summed E-state index contributed by atoms with van der Waals surface area (Å²) in [5.41, 5.74) is 6.90. The second-order valence-corrected chi connectivity index (χ2v) is 8.09. The van der Waals surface area contributed by atoms with Crippen molar-refractivity contribution in [3.8, 4) is 11.6 Å². The van der Waals surface area contributed by atoms with Gasteiger partial charge in [0.25, 0.3) is 0 Å². The van der Waals surface area contributed by atoms with Crippen LogP contribution in [0.5, 0.6) is 11.6 Å². The highest BCUT2D eigenvalue weighted by Crippen LogP contribution is 2.31. The normalized spacial score (nSPS) is 14.7. The Morgan fingerprint density at radius 3 is 2.60 bits per heavy atom. The first-order chi connectivity index (χ1) is 14.7. The predicted molar refractivity (Wildman–Crippen MR) is 120 cm³/mol. The van der Waals surface area contributed by atoms with Gasteiger partial charge >= 0.3 is 0 Å². The lowest BCUT2D eigenvalue weighted by Crippen LogP contribution is -2.19. The fourth-order valence-corrected chi connectivity index (χ4v) is 4.29. The summed E-state index contributed by atoms with van der Waals surface area (Å²) in [5.74, 6) is 1.58. The molecule has 0 radical (unpaired) electrons. The average molecular weight is 404 g/mol. The lowest BCUT2D eigenvalue weighted by molar-refractivity contribution is 0.1000. The first kappa shape index (κ1) is 20.4. The molecule has 0 unspecified atom stereocenters. The molecule has 1 aromatic heterocycles. The summed E-state index contributed by atoms with van der Waals surface area (Å²) >= 11 is 0. The SMILES string of the molecule is NC(=O)c1ccc(Oc2cccc3c(CNCCC4CCCCC4)cccc23)nc1. The standard InChI is InChI=1S/C25H29N3O2/c26-25(29)20-12-13-24(28-17-20)30-23-11-5-9-21-19(8-4-10-22(21)23)16-27-15-14-18-6-2-1-3-7-18/h4-5,8-13,17-18,27H,1-3,6-7,14-16H2,(H2,26,29). The molecule has 5 nitrogen and oxygen atoms in total. The highest BCUT2D eigenvalue weighted by molar-refractivity contribution is 5.92. The number of nitrogens with two attached hydrogens (primary N) is 1. The molecule has 3 aromatic rings. The van der Waals surface area contributed by atoms with Gasteiger partial charge in [0.05, 0.1) is 5.56 Å². The Kier molecular flexibility index (Phi) is 6.60. The number of ether oxygens (including phenoxy) is 1. The van der Waals surface area contributed by atoms with Gasteiger partial charge in [-0.1, -0.05) is 62.4 Å². The maximum Gasteiger partial charge on any atom is 0.250 e. The summed E-state index contributed by atoms with van der Waals surface area (Å²) < 4.78 is 6.00. The Morgan fingerprint density at radius 2 is 1.83 bits per heavy atom. The van der Waals surface area contributed by atoms with Crippen LogP contribution in [-0.4, -0.2) is 17.4 Å². The van der Waals surface area contributed by atoms with Crippen LogP contribution in [-0.2, 0) is 6.54 Å². The van der Waals surface area contributed by atoms with E-state index in [0.717, 1.165) is 30.1 Å². The molecule has 1 fully saturated rings. The van der Waals surface area contributed by atoms with Gasteiger partial charge in [0.1, 0.15) is 5.75 Å². The maximum absolute atomic E-state index is 11.2. The minimum atomic E-state index is -0.500. The molecular formula is C25H29N3O2. The van der Waals surface area contributed by atoms with Gasteiger partial charge in [-0.25, -0.2) is 4.98 Å². The van der Waals surface area contributed by atoms with Crippen LogP contribution >= 0.6 is 0 Å². The number of amides is 1. The van der Waals surface area contributed by atoms with E-state index in [-0.39, 0.29) is 0 Å². The molecule has 1 aliphatic rings. The first-order valence-corrected chi connectivity index (χ1v) is 10.9. The lowest BCUT2D eigenvalue weighted by Gasteiger charge is -2.21. The van der Waals surface area contributed by atoms with Crippen molar-refractivity contribution in [3.63, 3.8) is 0 Å². The molecule has 3 N–H and O–H groups in total. The van der Waals surface area contributed by atoms with Crippen molar-refractivity contribution in [3.05, 3.63) is 65.9 Å². The number of aromatic nitrogens is 1. The zero-order valence-electron chi connectivity index (χ0n) is 17.3. The van der Waals surface area contributed by atoms with Crippen LogP contribution < -0.4 is 15.8 Å². The van der Waals surface area contributed by atoms with Gasteiger partial charge in [-0.2, -0.15) is 0 Å². The van der Waals surface area contributed by atoms with Gasteiger partial charge in [-0.3, -0.25) is 4.79 Å². The largest absolute Gasteiger partial charge is 0.438 e. The molecule has 0 spiro atoms. The van der Waals surface area contributed by atoms with Gasteiger partial charge in [0.15, 0.2) is 0 Å². The van der Waals surface area contributed by atoms with Gasteiger partial charge in [0.2, 0.25) is 11.8 Å². The molecule has 30 heavy (non-hydrogen) atoms. The Labute approximate surface area is 177 Å². The van der Waals surface area contributed by atoms with E-state index < -0.39 is 5.91 Å². The summed E-state index contributed by atoms with van der Waals surface area (Å²) in [4.78, 5) is 15.4. The number of hydrogen-bond acceptors (Lipinski definition) is 4. The monoisotopic (exact) mass is 403 g/mol. The molecule has 156 valence electrons. The molecule has 2 aromatic carbocycles. The van der Waals surface area contributed by atoms with Gasteiger partial charge in [-0.15, -0.1) is 0 Å². The third kappa shape index (κ3) is 4.97. The minimum Gasteiger partial charge on any atom is -0.438 e. The number of carbonyl (C=O) groups is 1. The highest BCUT2D eigenvalue weighted by atomic mass is 16.5. The number of hydrogen-bond donors (Lipinski definition) is 2. The number of pyridine rings is 1. The first-order valence-electron chi connectivity index (χ1n) is 10.9. The molecule has 0 bridgehead atoms. The topological polar surface area (TPSA) is 77.2 Å². The van der Waals surface area contributed by atoms with Crippen molar-refractivity contribution in [1.82, 2.24) is 10.3 Å². The van der Waals surface area contributed by atoms with Crippen LogP contribution in [0.4, 0.5) is 0 Å². The number of fused-ring (bicyclic) bond motifs is 1. The summed E-state index contributed by atoms with van der Waals surface area (Å²) in [6.07, 6.45) is 9.70. The van der Waals surface area contributed by atoms with Crippen LogP contribution in [0.15, 0.2) is 54.7 Å². The number of nitrogens with zero attached hydrogens (tertiary/aromatic N) is 1. The molecular weight excluding hydrogens is 374 g/mol. The van der Waals surface area contributed by atoms with E-state index in [1.807, 2.05) is 12.1 Å². The molecule has 0 saturated heterocycles. The number of rotatable bonds is 8. The maximum atomic E-state index is 11.2. The van der Waals surface area contributed by atoms with Gasteiger partial charge < -0.3 is 15.8 Å². The van der Waals surface area contributed by atoms with E-state index >= 15 is 0 Å². The van der Waals surface area contributed by atoms with Crippen molar-refractivity contribution in [2.24, 2.45) is 11.7 Å². The Morgan fingerprint density at radius 1 is 1.03 bits per heavy atom. The van der Waals surface area contributed by atoms with Gasteiger partial charge in [0, 0.05) is 24.2 Å². The smallest absolute Gasteiger partial charge is 0.250 e. The summed E-state index contributed by atoms with van der Waals surface area (Å²) in [6, 6.07) is 15.6. The van der Waals surface area contributed by atoms with E-state index in [1.54, 1.807) is 12.1 Å². The van der Waals surface area contributed by atoms with E-state index in [4.69, 9.17) is 10.5 Å². The van der Waals surface area contributed by atoms with Crippen LogP contribution in [0.1, 0.15) is 54.4 Å². The third-order valence-corrected chi connectivity index (χ3v) is 5.98. The number of benzene rings is 2. The summed E-state index contributed by atoms with van der Waals surface area (Å²) in [6.45, 7) is 1.91. The Balaban J connectivity index is 1.43. The summed E-state index contributed by atoms with van der Waals surface area (Å²) in [5, 5.41) is 5.85. The van der Waals surface area contributed by atoms with Crippen LogP contribution in [0.3, 0.4) is 0 Å². The van der Waals surface area contributed by atoms with E-state index in [1.165, 1.54) is 55.7 Å². The fourth-order valence-electron chi connectivity index (χ4n) is 4.29. The third-order valence-electron chi connectivity index (χ3n) is 5.98. The molecule has 0 aliphatic heterocycles. The van der Waals surface area contributed by atoms with Crippen molar-refractivity contribution < 1.29 is 9.53 Å². The van der Waals surface area contributed by atoms with Crippen LogP contribution in [0.2, 0.25) is 0 Å². The van der Waals surface area contributed by atoms with Crippen molar-refractivity contribution in [1.29, 1.82) is 0 Å². The second-order valence-electron chi connectivity index (χ2n) is 8.09. The molecule has 1 aliphatic carbocycles. The molecule has 1 saturated carbocycles. The average Bonchev–Trinajstić information content (AvgIpc) is 2.78. The van der Waals surface area contributed by atoms with E-state index in [2.05, 4.69) is 34.6 Å². The van der Waals surface area contributed by atoms with E-state index in [9.17, 15) is 4.79 Å². The molecule has 5 heteroatoms. The van der Waals surface area contributed by atoms with Crippen molar-refractivity contribution >= 4 is 16.7 Å². The fraction of sp³-hybridized carbons (Fsp3) is 0.360. The van der Waals surface area contributed by atoms with E-state index in [0.29, 0.717) is 11.4 Å². The van der Waals surface area contributed by atoms with Crippen molar-refractivity contribution in [2.75, 3.05) is 6.54 Å². The predicted octanol–water partition coefficient (Wildman–Crippen LogP) is 5.19. The number of carbonyl (C=O) groups excluding carboxylic acids is 1. The lowest BCUT2D eigenvalue weighted by atomic mass is 9.87. The minimum absolute atomic E-state index is 0.363.